The summed E-state index contributed by atoms with van der Waals surface area (Å²) < 4.78 is 51.1. The van der Waals surface area contributed by atoms with Crippen LogP contribution in [0.15, 0.2) is 12.3 Å². The van der Waals surface area contributed by atoms with Crippen LogP contribution in [-0.4, -0.2) is 24.2 Å². The van der Waals surface area contributed by atoms with Crippen molar-refractivity contribution in [2.75, 3.05) is 18.0 Å². The molecule has 0 aliphatic rings. The van der Waals surface area contributed by atoms with Crippen molar-refractivity contribution in [3.8, 4) is 0 Å². The number of alkyl halides is 4. The van der Waals surface area contributed by atoms with Gasteiger partial charge >= 0.3 is 6.18 Å². The molecular formula is C11H13ClF4N2. The normalized spacial score (nSPS) is 11.7. The lowest BCUT2D eigenvalue weighted by atomic mass is 10.2. The van der Waals surface area contributed by atoms with Gasteiger partial charge < -0.3 is 4.90 Å². The molecule has 102 valence electrons. The van der Waals surface area contributed by atoms with Gasteiger partial charge in [-0.1, -0.05) is 6.92 Å². The molecule has 1 aromatic heterocycles. The largest absolute Gasteiger partial charge is 0.405 e. The van der Waals surface area contributed by atoms with Crippen molar-refractivity contribution < 1.29 is 17.6 Å². The molecule has 18 heavy (non-hydrogen) atoms. The third-order valence-electron chi connectivity index (χ3n) is 2.26. The highest BCUT2D eigenvalue weighted by molar-refractivity contribution is 6.17. The summed E-state index contributed by atoms with van der Waals surface area (Å²) >= 11 is 5.51. The molecule has 0 aromatic carbocycles. The number of nitrogens with zero attached hydrogens (tertiary/aromatic N) is 2. The molecule has 1 rings (SSSR count). The van der Waals surface area contributed by atoms with Crippen LogP contribution in [0.5, 0.6) is 0 Å². The summed E-state index contributed by atoms with van der Waals surface area (Å²) in [5.41, 5.74) is 0.143. The molecule has 1 aromatic rings. The molecule has 2 nitrogen and oxygen atoms in total. The van der Waals surface area contributed by atoms with Crippen LogP contribution in [0.4, 0.5) is 23.4 Å². The Morgan fingerprint density at radius 1 is 1.39 bits per heavy atom. The summed E-state index contributed by atoms with van der Waals surface area (Å²) in [6, 6.07) is 1.35. The number of pyridine rings is 1. The summed E-state index contributed by atoms with van der Waals surface area (Å²) in [6.45, 7) is 0.568. The monoisotopic (exact) mass is 284 g/mol. The molecule has 0 unspecified atom stereocenters. The smallest absolute Gasteiger partial charge is 0.345 e. The third-order valence-corrected chi connectivity index (χ3v) is 2.55. The number of rotatable bonds is 5. The van der Waals surface area contributed by atoms with Gasteiger partial charge in [0.15, 0.2) is 11.6 Å². The SMILES string of the molecule is CCCN(CC(F)(F)F)c1nccc(CCl)c1F. The maximum atomic E-state index is 13.9. The van der Waals surface area contributed by atoms with Crippen LogP contribution in [0.1, 0.15) is 18.9 Å². The Kier molecular flexibility index (Phi) is 5.19. The number of aromatic nitrogens is 1. The Hall–Kier alpha value is -1.04. The molecule has 7 heteroatoms. The fourth-order valence-corrected chi connectivity index (χ4v) is 1.75. The Bertz CT molecular complexity index is 395. The molecule has 0 N–H and O–H groups in total. The van der Waals surface area contributed by atoms with Gasteiger partial charge in [0, 0.05) is 18.3 Å². The van der Waals surface area contributed by atoms with E-state index >= 15 is 0 Å². The molecule has 0 saturated carbocycles. The molecule has 0 atom stereocenters. The van der Waals surface area contributed by atoms with E-state index in [1.54, 1.807) is 6.92 Å². The van der Waals surface area contributed by atoms with Gasteiger partial charge in [0.05, 0.1) is 5.88 Å². The predicted molar refractivity (Wildman–Crippen MR) is 62.3 cm³/mol. The molecule has 0 amide bonds. The highest BCUT2D eigenvalue weighted by Crippen LogP contribution is 2.25. The zero-order valence-corrected chi connectivity index (χ0v) is 10.5. The first-order valence-corrected chi connectivity index (χ1v) is 5.93. The number of hydrogen-bond donors (Lipinski definition) is 0. The van der Waals surface area contributed by atoms with Crippen LogP contribution in [-0.2, 0) is 5.88 Å². The summed E-state index contributed by atoms with van der Waals surface area (Å²) in [6.07, 6.45) is -2.68. The van der Waals surface area contributed by atoms with Gasteiger partial charge in [-0.2, -0.15) is 13.2 Å². The topological polar surface area (TPSA) is 16.1 Å². The average Bonchev–Trinajstić information content (AvgIpc) is 2.27. The first kappa shape index (κ1) is 15.0. The molecule has 1 heterocycles. The van der Waals surface area contributed by atoms with E-state index in [9.17, 15) is 17.6 Å². The van der Waals surface area contributed by atoms with E-state index in [0.29, 0.717) is 6.42 Å². The van der Waals surface area contributed by atoms with Crippen LogP contribution in [0.3, 0.4) is 0 Å². The fraction of sp³-hybridized carbons (Fsp3) is 0.545. The minimum absolute atomic E-state index is 0.0785. The lowest BCUT2D eigenvalue weighted by molar-refractivity contribution is -0.119. The van der Waals surface area contributed by atoms with Gasteiger partial charge in [-0.05, 0) is 12.5 Å². The van der Waals surface area contributed by atoms with Crippen molar-refractivity contribution >= 4 is 17.4 Å². The van der Waals surface area contributed by atoms with Crippen LogP contribution in [0.25, 0.3) is 0 Å². The molecule has 0 saturated heterocycles. The third kappa shape index (κ3) is 4.01. The van der Waals surface area contributed by atoms with Crippen LogP contribution >= 0.6 is 11.6 Å². The van der Waals surface area contributed by atoms with E-state index in [1.165, 1.54) is 12.3 Å². The van der Waals surface area contributed by atoms with E-state index in [4.69, 9.17) is 11.6 Å². The molecule has 0 bridgehead atoms. The highest BCUT2D eigenvalue weighted by atomic mass is 35.5. The van der Waals surface area contributed by atoms with E-state index in [0.717, 1.165) is 4.90 Å². The molecule has 0 fully saturated rings. The van der Waals surface area contributed by atoms with Gasteiger partial charge in [-0.3, -0.25) is 0 Å². The standard InChI is InChI=1S/C11H13ClF4N2/c1-2-5-18(7-11(14,15)16)10-9(13)8(6-12)3-4-17-10/h3-4H,2,5-7H2,1H3. The molecule has 0 aliphatic heterocycles. The van der Waals surface area contributed by atoms with Crippen molar-refractivity contribution in [3.05, 3.63) is 23.6 Å². The van der Waals surface area contributed by atoms with Gasteiger partial charge in [-0.15, -0.1) is 11.6 Å². The van der Waals surface area contributed by atoms with Crippen molar-refractivity contribution in [2.24, 2.45) is 0 Å². The van der Waals surface area contributed by atoms with Crippen LogP contribution in [0, 0.1) is 5.82 Å². The van der Waals surface area contributed by atoms with Gasteiger partial charge in [0.2, 0.25) is 0 Å². The maximum Gasteiger partial charge on any atom is 0.405 e. The molecule has 0 spiro atoms. The fourth-order valence-electron chi connectivity index (χ4n) is 1.54. The van der Waals surface area contributed by atoms with Gasteiger partial charge in [0.1, 0.15) is 6.54 Å². The molecule has 0 aliphatic carbocycles. The van der Waals surface area contributed by atoms with E-state index < -0.39 is 18.5 Å². The summed E-state index contributed by atoms with van der Waals surface area (Å²) in [5, 5.41) is 0. The lowest BCUT2D eigenvalue weighted by Gasteiger charge is -2.25. The Morgan fingerprint density at radius 2 is 2.06 bits per heavy atom. The minimum Gasteiger partial charge on any atom is -0.345 e. The maximum absolute atomic E-state index is 13.9. The highest BCUT2D eigenvalue weighted by Gasteiger charge is 2.32. The predicted octanol–water partition coefficient (Wildman–Crippen LogP) is 3.74. The minimum atomic E-state index is -4.40. The first-order valence-electron chi connectivity index (χ1n) is 5.40. The van der Waals surface area contributed by atoms with Crippen LogP contribution < -0.4 is 4.90 Å². The van der Waals surface area contributed by atoms with E-state index in [1.807, 2.05) is 0 Å². The first-order chi connectivity index (χ1) is 8.39. The summed E-state index contributed by atoms with van der Waals surface area (Å²) in [7, 11) is 0. The van der Waals surface area contributed by atoms with Crippen molar-refractivity contribution in [3.63, 3.8) is 0 Å². The lowest BCUT2D eigenvalue weighted by Crippen LogP contribution is -2.36. The molecular weight excluding hydrogens is 272 g/mol. The van der Waals surface area contributed by atoms with E-state index in [-0.39, 0.29) is 23.8 Å². The van der Waals surface area contributed by atoms with E-state index in [2.05, 4.69) is 4.98 Å². The zero-order valence-electron chi connectivity index (χ0n) is 9.77. The number of anilines is 1. The summed E-state index contributed by atoms with van der Waals surface area (Å²) in [5.74, 6) is -1.19. The second-order valence-electron chi connectivity index (χ2n) is 3.78. The van der Waals surface area contributed by atoms with Crippen molar-refractivity contribution in [1.29, 1.82) is 0 Å². The van der Waals surface area contributed by atoms with Crippen LogP contribution in [0.2, 0.25) is 0 Å². The quantitative estimate of drug-likeness (QED) is 0.605. The van der Waals surface area contributed by atoms with Gasteiger partial charge in [-0.25, -0.2) is 9.37 Å². The average molecular weight is 285 g/mol. The Labute approximate surface area is 108 Å². The Balaban J connectivity index is 3.05. The number of hydrogen-bond acceptors (Lipinski definition) is 2. The van der Waals surface area contributed by atoms with Crippen molar-refractivity contribution in [1.82, 2.24) is 4.98 Å². The zero-order chi connectivity index (χ0) is 13.8. The second kappa shape index (κ2) is 6.22. The molecule has 0 radical (unpaired) electrons. The second-order valence-corrected chi connectivity index (χ2v) is 4.05. The summed E-state index contributed by atoms with van der Waals surface area (Å²) in [4.78, 5) is 4.56. The van der Waals surface area contributed by atoms with Crippen molar-refractivity contribution in [2.45, 2.75) is 25.4 Å². The Morgan fingerprint density at radius 3 is 2.56 bits per heavy atom. The number of halogens is 5. The van der Waals surface area contributed by atoms with Gasteiger partial charge in [0.25, 0.3) is 0 Å².